The molecule has 2 bridgehead atoms. The zero-order valence-electron chi connectivity index (χ0n) is 15.6. The van der Waals surface area contributed by atoms with Gasteiger partial charge in [-0.25, -0.2) is 4.79 Å². The number of carbonyl (C=O) groups excluding carboxylic acids is 1. The first-order valence-corrected chi connectivity index (χ1v) is 9.91. The van der Waals surface area contributed by atoms with Gasteiger partial charge in [0.25, 0.3) is 5.91 Å². The molecule has 0 unspecified atom stereocenters. The fourth-order valence-electron chi connectivity index (χ4n) is 4.70. The number of nitrogens with zero attached hydrogens (tertiary/aromatic N) is 1. The summed E-state index contributed by atoms with van der Waals surface area (Å²) in [7, 11) is 0. The van der Waals surface area contributed by atoms with Crippen molar-refractivity contribution in [3.05, 3.63) is 58.5 Å². The van der Waals surface area contributed by atoms with Crippen LogP contribution < -0.4 is 5.63 Å². The van der Waals surface area contributed by atoms with E-state index in [4.69, 9.17) is 13.9 Å². The van der Waals surface area contributed by atoms with Gasteiger partial charge in [0.1, 0.15) is 11.1 Å². The van der Waals surface area contributed by atoms with E-state index in [1.807, 2.05) is 12.1 Å². The molecule has 1 saturated carbocycles. The van der Waals surface area contributed by atoms with Gasteiger partial charge in [-0.15, -0.1) is 0 Å². The van der Waals surface area contributed by atoms with Crippen LogP contribution >= 0.6 is 0 Å². The van der Waals surface area contributed by atoms with Gasteiger partial charge in [-0.05, 0) is 42.7 Å². The molecule has 1 aromatic carbocycles. The predicted molar refractivity (Wildman–Crippen MR) is 103 cm³/mol. The molecular formula is C22H23NO5. The first-order chi connectivity index (χ1) is 13.7. The topological polar surface area (TPSA) is 69.0 Å². The minimum absolute atomic E-state index is 0.0652. The van der Waals surface area contributed by atoms with Crippen molar-refractivity contribution in [2.24, 2.45) is 17.8 Å². The molecule has 3 atom stereocenters. The van der Waals surface area contributed by atoms with Crippen LogP contribution in [-0.2, 0) is 9.47 Å². The van der Waals surface area contributed by atoms with Crippen molar-refractivity contribution < 1.29 is 18.7 Å². The Labute approximate surface area is 162 Å². The van der Waals surface area contributed by atoms with E-state index in [1.165, 1.54) is 6.42 Å². The number of rotatable bonds is 5. The van der Waals surface area contributed by atoms with Gasteiger partial charge in [0.05, 0.1) is 19.8 Å². The smallest absolute Gasteiger partial charge is 0.349 e. The molecular weight excluding hydrogens is 358 g/mol. The van der Waals surface area contributed by atoms with Crippen LogP contribution in [-0.4, -0.2) is 43.4 Å². The SMILES string of the molecule is O=C(c1cc2ccccc2oc1=O)N(CC1OCCO1)C[C@H]1C[C@H]2C=C[C@H]1C2. The highest BCUT2D eigenvalue weighted by molar-refractivity contribution is 5.96. The van der Waals surface area contributed by atoms with Crippen LogP contribution in [0, 0.1) is 17.8 Å². The Hall–Kier alpha value is -2.44. The van der Waals surface area contributed by atoms with E-state index in [0.29, 0.717) is 49.6 Å². The standard InChI is InChI=1S/C22H23NO5/c24-21(18-11-16-3-1-2-4-19(16)28-22(18)25)23(13-20-26-7-8-27-20)12-17-10-14-5-6-15(17)9-14/h1-6,11,14-15,17,20H,7-10,12-13H2/t14-,15-,17+/m0/s1. The molecule has 1 amide bonds. The monoisotopic (exact) mass is 381 g/mol. The maximum absolute atomic E-state index is 13.3. The summed E-state index contributed by atoms with van der Waals surface area (Å²) in [6, 6.07) is 8.86. The summed E-state index contributed by atoms with van der Waals surface area (Å²) in [4.78, 5) is 27.5. The van der Waals surface area contributed by atoms with Crippen molar-refractivity contribution in [1.82, 2.24) is 4.90 Å². The zero-order chi connectivity index (χ0) is 19.1. The molecule has 2 heterocycles. The highest BCUT2D eigenvalue weighted by Gasteiger charge is 2.38. The third kappa shape index (κ3) is 3.27. The van der Waals surface area contributed by atoms with E-state index < -0.39 is 11.9 Å². The summed E-state index contributed by atoms with van der Waals surface area (Å²) in [6.07, 6.45) is 6.37. The first kappa shape index (κ1) is 17.6. The lowest BCUT2D eigenvalue weighted by Gasteiger charge is -2.30. The van der Waals surface area contributed by atoms with Crippen LogP contribution in [0.4, 0.5) is 0 Å². The van der Waals surface area contributed by atoms with Crippen molar-refractivity contribution >= 4 is 16.9 Å². The number of hydrogen-bond acceptors (Lipinski definition) is 5. The number of para-hydroxylation sites is 1. The van der Waals surface area contributed by atoms with Crippen molar-refractivity contribution in [2.75, 3.05) is 26.3 Å². The third-order valence-corrected chi connectivity index (χ3v) is 6.09. The minimum Gasteiger partial charge on any atom is -0.422 e. The first-order valence-electron chi connectivity index (χ1n) is 9.91. The van der Waals surface area contributed by atoms with Crippen LogP contribution in [0.15, 0.2) is 51.7 Å². The van der Waals surface area contributed by atoms with E-state index in [1.54, 1.807) is 23.1 Å². The molecule has 2 fully saturated rings. The Kier molecular flexibility index (Phi) is 4.53. The molecule has 3 aliphatic rings. The summed E-state index contributed by atoms with van der Waals surface area (Å²) in [5.74, 6) is 1.23. The molecule has 2 aromatic rings. The predicted octanol–water partition coefficient (Wildman–Crippen LogP) is 2.82. The third-order valence-electron chi connectivity index (χ3n) is 6.09. The highest BCUT2D eigenvalue weighted by atomic mass is 16.7. The Morgan fingerprint density at radius 3 is 2.64 bits per heavy atom. The fourth-order valence-corrected chi connectivity index (χ4v) is 4.70. The Bertz CT molecular complexity index is 974. The average Bonchev–Trinajstić information content (AvgIpc) is 3.45. The average molecular weight is 381 g/mol. The van der Waals surface area contributed by atoms with Crippen LogP contribution in [0.5, 0.6) is 0 Å². The van der Waals surface area contributed by atoms with E-state index in [0.717, 1.165) is 11.8 Å². The second-order valence-electron chi connectivity index (χ2n) is 7.91. The summed E-state index contributed by atoms with van der Waals surface area (Å²) in [6.45, 7) is 1.98. The van der Waals surface area contributed by atoms with Gasteiger partial charge in [0.15, 0.2) is 6.29 Å². The van der Waals surface area contributed by atoms with Crippen LogP contribution in [0.3, 0.4) is 0 Å². The number of amides is 1. The number of carbonyl (C=O) groups is 1. The largest absolute Gasteiger partial charge is 0.422 e. The summed E-state index contributed by atoms with van der Waals surface area (Å²) < 4.78 is 16.5. The van der Waals surface area contributed by atoms with Gasteiger partial charge in [-0.3, -0.25) is 4.79 Å². The van der Waals surface area contributed by atoms with Gasteiger partial charge in [-0.1, -0.05) is 30.4 Å². The molecule has 146 valence electrons. The van der Waals surface area contributed by atoms with Crippen molar-refractivity contribution in [2.45, 2.75) is 19.1 Å². The Morgan fingerprint density at radius 2 is 1.89 bits per heavy atom. The summed E-state index contributed by atoms with van der Waals surface area (Å²) in [5.41, 5.74) is -0.0542. The zero-order valence-corrected chi connectivity index (χ0v) is 15.6. The van der Waals surface area contributed by atoms with Crippen LogP contribution in [0.1, 0.15) is 23.2 Å². The maximum atomic E-state index is 13.3. The molecule has 0 N–H and O–H groups in total. The summed E-state index contributed by atoms with van der Waals surface area (Å²) >= 11 is 0. The molecule has 2 aliphatic carbocycles. The van der Waals surface area contributed by atoms with E-state index in [-0.39, 0.29) is 11.5 Å². The lowest BCUT2D eigenvalue weighted by atomic mass is 9.93. The molecule has 1 saturated heterocycles. The number of ether oxygens (including phenoxy) is 2. The van der Waals surface area contributed by atoms with Crippen molar-refractivity contribution in [1.29, 1.82) is 0 Å². The number of allylic oxidation sites excluding steroid dienone is 2. The minimum atomic E-state index is -0.602. The van der Waals surface area contributed by atoms with Gasteiger partial charge in [-0.2, -0.15) is 0 Å². The van der Waals surface area contributed by atoms with Crippen LogP contribution in [0.2, 0.25) is 0 Å². The van der Waals surface area contributed by atoms with Gasteiger partial charge in [0.2, 0.25) is 0 Å². The van der Waals surface area contributed by atoms with Crippen molar-refractivity contribution in [3.8, 4) is 0 Å². The number of hydrogen-bond donors (Lipinski definition) is 0. The normalized spacial score (nSPS) is 26.4. The highest BCUT2D eigenvalue weighted by Crippen LogP contribution is 2.43. The summed E-state index contributed by atoms with van der Waals surface area (Å²) in [5, 5.41) is 0.738. The Balaban J connectivity index is 1.43. The molecule has 28 heavy (non-hydrogen) atoms. The maximum Gasteiger partial charge on any atom is 0.349 e. The molecule has 5 rings (SSSR count). The fraction of sp³-hybridized carbons (Fsp3) is 0.455. The van der Waals surface area contributed by atoms with E-state index in [9.17, 15) is 9.59 Å². The number of fused-ring (bicyclic) bond motifs is 3. The molecule has 1 aromatic heterocycles. The van der Waals surface area contributed by atoms with Gasteiger partial charge in [0, 0.05) is 11.9 Å². The van der Waals surface area contributed by atoms with E-state index in [2.05, 4.69) is 12.2 Å². The van der Waals surface area contributed by atoms with Gasteiger partial charge >= 0.3 is 5.63 Å². The Morgan fingerprint density at radius 1 is 1.07 bits per heavy atom. The lowest BCUT2D eigenvalue weighted by molar-refractivity contribution is -0.0593. The van der Waals surface area contributed by atoms with Crippen molar-refractivity contribution in [3.63, 3.8) is 0 Å². The molecule has 6 nitrogen and oxygen atoms in total. The van der Waals surface area contributed by atoms with Crippen LogP contribution in [0.25, 0.3) is 11.0 Å². The number of benzene rings is 1. The molecule has 6 heteroatoms. The second-order valence-corrected chi connectivity index (χ2v) is 7.91. The molecule has 0 radical (unpaired) electrons. The lowest BCUT2D eigenvalue weighted by Crippen LogP contribution is -2.43. The van der Waals surface area contributed by atoms with E-state index >= 15 is 0 Å². The second kappa shape index (κ2) is 7.18. The molecule has 0 spiro atoms. The quantitative estimate of drug-likeness (QED) is 0.588. The molecule has 1 aliphatic heterocycles. The van der Waals surface area contributed by atoms with Gasteiger partial charge < -0.3 is 18.8 Å².